The summed E-state index contributed by atoms with van der Waals surface area (Å²) >= 11 is 1.72. The number of para-hydroxylation sites is 2. The lowest BCUT2D eigenvalue weighted by Crippen LogP contribution is -2.33. The van der Waals surface area contributed by atoms with E-state index >= 15 is 0 Å². The van der Waals surface area contributed by atoms with Crippen LogP contribution in [0.5, 0.6) is 5.75 Å². The van der Waals surface area contributed by atoms with Crippen LogP contribution in [0.4, 0.5) is 5.69 Å². The van der Waals surface area contributed by atoms with Crippen molar-refractivity contribution >= 4 is 55.1 Å². The highest BCUT2D eigenvalue weighted by Crippen LogP contribution is 2.38. The van der Waals surface area contributed by atoms with E-state index in [0.717, 1.165) is 51.8 Å². The lowest BCUT2D eigenvalue weighted by atomic mass is 10.1. The van der Waals surface area contributed by atoms with Crippen LogP contribution in [-0.4, -0.2) is 36.0 Å². The van der Waals surface area contributed by atoms with Gasteiger partial charge in [-0.15, -0.1) is 11.3 Å². The maximum atomic E-state index is 13.0. The van der Waals surface area contributed by atoms with Gasteiger partial charge in [-0.3, -0.25) is 9.69 Å². The van der Waals surface area contributed by atoms with Gasteiger partial charge in [0, 0.05) is 16.8 Å². The van der Waals surface area contributed by atoms with Gasteiger partial charge in [-0.2, -0.15) is 0 Å². The SMILES string of the molecule is COc1cc2c(cc1NC(=O)CN1CCCC1c1nc3ccccc3s1)oc1ccccc12. The van der Waals surface area contributed by atoms with Crippen LogP contribution in [0.3, 0.4) is 0 Å². The molecule has 0 radical (unpaired) electrons. The number of anilines is 1. The number of aromatic nitrogens is 1. The largest absolute Gasteiger partial charge is 0.495 e. The van der Waals surface area contributed by atoms with Gasteiger partial charge < -0.3 is 14.5 Å². The predicted octanol–water partition coefficient (Wildman–Crippen LogP) is 5.98. The molecule has 0 aliphatic carbocycles. The highest BCUT2D eigenvalue weighted by molar-refractivity contribution is 7.18. The highest BCUT2D eigenvalue weighted by Gasteiger charge is 2.30. The van der Waals surface area contributed by atoms with Crippen LogP contribution in [0.15, 0.2) is 65.1 Å². The number of methoxy groups -OCH3 is 1. The number of fused-ring (bicyclic) bond motifs is 4. The summed E-state index contributed by atoms with van der Waals surface area (Å²) in [5, 5.41) is 6.12. The average molecular weight is 458 g/mol. The lowest BCUT2D eigenvalue weighted by Gasteiger charge is -2.22. The molecule has 33 heavy (non-hydrogen) atoms. The Morgan fingerprint density at radius 2 is 2.00 bits per heavy atom. The Labute approximate surface area is 194 Å². The molecule has 1 unspecified atom stereocenters. The molecule has 1 N–H and O–H groups in total. The van der Waals surface area contributed by atoms with E-state index in [2.05, 4.69) is 16.3 Å². The first-order chi connectivity index (χ1) is 16.2. The summed E-state index contributed by atoms with van der Waals surface area (Å²) in [5.74, 6) is 0.545. The Kier molecular flexibility index (Phi) is 5.00. The van der Waals surface area contributed by atoms with Gasteiger partial charge in [0.15, 0.2) is 0 Å². The number of carbonyl (C=O) groups excluding carboxylic acids is 1. The first-order valence-corrected chi connectivity index (χ1v) is 11.9. The molecule has 1 aliphatic rings. The van der Waals surface area contributed by atoms with Crippen LogP contribution >= 0.6 is 11.3 Å². The van der Waals surface area contributed by atoms with Crippen LogP contribution in [0, 0.1) is 0 Å². The van der Waals surface area contributed by atoms with Gasteiger partial charge in [0.1, 0.15) is 21.9 Å². The monoisotopic (exact) mass is 457 g/mol. The van der Waals surface area contributed by atoms with Crippen molar-refractivity contribution in [2.75, 3.05) is 25.5 Å². The van der Waals surface area contributed by atoms with Gasteiger partial charge in [0.05, 0.1) is 35.6 Å². The summed E-state index contributed by atoms with van der Waals surface area (Å²) in [5.41, 5.74) is 3.18. The van der Waals surface area contributed by atoms with Crippen molar-refractivity contribution in [2.45, 2.75) is 18.9 Å². The van der Waals surface area contributed by atoms with Gasteiger partial charge in [-0.1, -0.05) is 30.3 Å². The zero-order chi connectivity index (χ0) is 22.4. The van der Waals surface area contributed by atoms with Crippen LogP contribution < -0.4 is 10.1 Å². The maximum Gasteiger partial charge on any atom is 0.238 e. The van der Waals surface area contributed by atoms with Gasteiger partial charge in [0.2, 0.25) is 5.91 Å². The predicted molar refractivity (Wildman–Crippen MR) is 132 cm³/mol. The summed E-state index contributed by atoms with van der Waals surface area (Å²) < 4.78 is 12.8. The van der Waals surface area contributed by atoms with E-state index in [1.54, 1.807) is 18.4 Å². The number of nitrogens with one attached hydrogen (secondary N) is 1. The van der Waals surface area contributed by atoms with E-state index in [-0.39, 0.29) is 11.9 Å². The first kappa shape index (κ1) is 20.2. The summed E-state index contributed by atoms with van der Waals surface area (Å²) in [6, 6.07) is 20.0. The summed E-state index contributed by atoms with van der Waals surface area (Å²) in [4.78, 5) is 20.1. The van der Waals surface area contributed by atoms with Crippen molar-refractivity contribution in [3.8, 4) is 5.75 Å². The Morgan fingerprint density at radius 3 is 2.88 bits per heavy atom. The molecule has 1 amide bonds. The van der Waals surface area contributed by atoms with Crippen molar-refractivity contribution < 1.29 is 13.9 Å². The van der Waals surface area contributed by atoms with E-state index in [4.69, 9.17) is 14.1 Å². The molecular weight excluding hydrogens is 434 g/mol. The minimum atomic E-state index is -0.0724. The molecule has 0 bridgehead atoms. The van der Waals surface area contributed by atoms with Crippen LogP contribution in [-0.2, 0) is 4.79 Å². The normalized spacial score (nSPS) is 16.7. The van der Waals surface area contributed by atoms with Gasteiger partial charge in [-0.25, -0.2) is 4.98 Å². The van der Waals surface area contributed by atoms with E-state index in [9.17, 15) is 4.79 Å². The molecule has 7 heteroatoms. The number of amides is 1. The standard InChI is InChI=1S/C26H23N3O3S/c1-31-23-13-17-16-7-2-4-10-21(16)32-22(17)14-19(23)27-25(30)15-29-12-6-9-20(29)26-28-18-8-3-5-11-24(18)33-26/h2-5,7-8,10-11,13-14,20H,6,9,12,15H2,1H3,(H,27,30). The second-order valence-corrected chi connectivity index (χ2v) is 9.41. The van der Waals surface area contributed by atoms with Crippen molar-refractivity contribution in [2.24, 2.45) is 0 Å². The zero-order valence-corrected chi connectivity index (χ0v) is 19.0. The topological polar surface area (TPSA) is 67.6 Å². The molecular formula is C26H23N3O3S. The first-order valence-electron chi connectivity index (χ1n) is 11.1. The van der Waals surface area contributed by atoms with Crippen LogP contribution in [0.1, 0.15) is 23.9 Å². The highest BCUT2D eigenvalue weighted by atomic mass is 32.1. The molecule has 1 saturated heterocycles. The van der Waals surface area contributed by atoms with Crippen molar-refractivity contribution in [1.82, 2.24) is 9.88 Å². The fraction of sp³-hybridized carbons (Fsp3) is 0.231. The average Bonchev–Trinajstić information content (AvgIpc) is 3.54. The third kappa shape index (κ3) is 3.63. The summed E-state index contributed by atoms with van der Waals surface area (Å²) in [6.45, 7) is 1.19. The Hall–Kier alpha value is -3.42. The smallest absolute Gasteiger partial charge is 0.238 e. The number of nitrogens with zero attached hydrogens (tertiary/aromatic N) is 2. The van der Waals surface area contributed by atoms with E-state index < -0.39 is 0 Å². The van der Waals surface area contributed by atoms with Gasteiger partial charge in [0.25, 0.3) is 0 Å². The molecule has 5 aromatic rings. The fourth-order valence-electron chi connectivity index (χ4n) is 4.72. The second kappa shape index (κ2) is 8.17. The number of rotatable bonds is 5. The number of likely N-dealkylation sites (tertiary alicyclic amines) is 1. The quantitative estimate of drug-likeness (QED) is 0.352. The molecule has 1 aliphatic heterocycles. The number of hydrogen-bond acceptors (Lipinski definition) is 6. The van der Waals surface area contributed by atoms with E-state index in [0.29, 0.717) is 18.0 Å². The molecule has 6 rings (SSSR count). The third-order valence-corrected chi connectivity index (χ3v) is 7.42. The second-order valence-electron chi connectivity index (χ2n) is 8.34. The Morgan fingerprint density at radius 1 is 1.15 bits per heavy atom. The molecule has 2 aromatic heterocycles. The van der Waals surface area contributed by atoms with E-state index in [1.165, 1.54) is 4.70 Å². The molecule has 6 nitrogen and oxygen atoms in total. The number of hydrogen-bond donors (Lipinski definition) is 1. The molecule has 1 atom stereocenters. The molecule has 166 valence electrons. The van der Waals surface area contributed by atoms with Crippen molar-refractivity contribution in [3.05, 3.63) is 65.7 Å². The number of benzene rings is 3. The third-order valence-electron chi connectivity index (χ3n) is 6.28. The van der Waals surface area contributed by atoms with Gasteiger partial charge >= 0.3 is 0 Å². The minimum absolute atomic E-state index is 0.0724. The van der Waals surface area contributed by atoms with E-state index in [1.807, 2.05) is 54.6 Å². The van der Waals surface area contributed by atoms with Crippen LogP contribution in [0.25, 0.3) is 32.2 Å². The maximum absolute atomic E-state index is 13.0. The van der Waals surface area contributed by atoms with Crippen molar-refractivity contribution in [3.63, 3.8) is 0 Å². The lowest BCUT2D eigenvalue weighted by molar-refractivity contribution is -0.117. The Bertz CT molecular complexity index is 1460. The summed E-state index contributed by atoms with van der Waals surface area (Å²) in [7, 11) is 1.61. The number of ether oxygens (including phenoxy) is 1. The molecule has 1 fully saturated rings. The fourth-order valence-corrected chi connectivity index (χ4v) is 5.86. The Balaban J connectivity index is 1.24. The molecule has 0 spiro atoms. The molecule has 0 saturated carbocycles. The molecule has 3 heterocycles. The number of furan rings is 1. The number of thiazole rings is 1. The molecule has 3 aromatic carbocycles. The minimum Gasteiger partial charge on any atom is -0.495 e. The number of carbonyl (C=O) groups is 1. The van der Waals surface area contributed by atoms with Crippen LogP contribution in [0.2, 0.25) is 0 Å². The van der Waals surface area contributed by atoms with Gasteiger partial charge in [-0.05, 0) is 43.7 Å². The summed E-state index contributed by atoms with van der Waals surface area (Å²) in [6.07, 6.45) is 2.07. The van der Waals surface area contributed by atoms with Crippen molar-refractivity contribution in [1.29, 1.82) is 0 Å². The zero-order valence-electron chi connectivity index (χ0n) is 18.2.